The van der Waals surface area contributed by atoms with Crippen LogP contribution in [0.5, 0.6) is 0 Å². The van der Waals surface area contributed by atoms with Crippen molar-refractivity contribution in [3.8, 4) is 0 Å². The fourth-order valence-electron chi connectivity index (χ4n) is 2.23. The minimum Gasteiger partial charge on any atom is -0.381 e. The Labute approximate surface area is 113 Å². The maximum Gasteiger partial charge on any atom is 0.218 e. The van der Waals surface area contributed by atoms with E-state index in [0.29, 0.717) is 18.7 Å². The van der Waals surface area contributed by atoms with E-state index in [0.717, 1.165) is 12.8 Å². The number of hydrogen-bond acceptors (Lipinski definition) is 3. The molecule has 1 saturated heterocycles. The quantitative estimate of drug-likeness (QED) is 0.848. The second-order valence-electron chi connectivity index (χ2n) is 4.72. The number of hydrogen-bond donors (Lipinski definition) is 0. The molecular formula is C13H18FNO3S. The Morgan fingerprint density at radius 3 is 2.37 bits per heavy atom. The molecular weight excluding hydrogens is 269 g/mol. The third kappa shape index (κ3) is 3.75. The summed E-state index contributed by atoms with van der Waals surface area (Å²) in [4.78, 5) is 0. The zero-order chi connectivity index (χ0) is 13.9. The Bertz CT molecular complexity index is 507. The van der Waals surface area contributed by atoms with Gasteiger partial charge in [0.25, 0.3) is 0 Å². The highest BCUT2D eigenvalue weighted by Gasteiger charge is 2.27. The normalized spacial score (nSPS) is 18.6. The lowest BCUT2D eigenvalue weighted by Gasteiger charge is -2.30. The van der Waals surface area contributed by atoms with Crippen LogP contribution >= 0.6 is 0 Å². The summed E-state index contributed by atoms with van der Waals surface area (Å²) in [6.45, 7) is 0.976. The van der Waals surface area contributed by atoms with Gasteiger partial charge in [-0.15, -0.1) is 0 Å². The molecule has 4 nitrogen and oxygen atoms in total. The minimum atomic E-state index is -3.33. The predicted octanol–water partition coefficient (Wildman–Crippen LogP) is 1.77. The van der Waals surface area contributed by atoms with Crippen LogP contribution in [-0.4, -0.2) is 39.0 Å². The molecule has 1 aromatic rings. The highest BCUT2D eigenvalue weighted by molar-refractivity contribution is 7.88. The first-order chi connectivity index (χ1) is 9.01. The van der Waals surface area contributed by atoms with E-state index in [4.69, 9.17) is 4.74 Å². The third-order valence-corrected chi connectivity index (χ3v) is 5.24. The molecule has 106 valence electrons. The summed E-state index contributed by atoms with van der Waals surface area (Å²) < 4.78 is 43.9. The number of nitrogens with zero attached hydrogens (tertiary/aromatic N) is 1. The number of piperidine rings is 1. The first kappa shape index (κ1) is 14.4. The summed E-state index contributed by atoms with van der Waals surface area (Å²) in [6.07, 6.45) is 1.59. The zero-order valence-corrected chi connectivity index (χ0v) is 11.7. The van der Waals surface area contributed by atoms with Gasteiger partial charge in [-0.1, -0.05) is 12.1 Å². The monoisotopic (exact) mass is 287 g/mol. The van der Waals surface area contributed by atoms with E-state index in [1.807, 2.05) is 0 Å². The van der Waals surface area contributed by atoms with Crippen molar-refractivity contribution in [1.82, 2.24) is 4.31 Å². The van der Waals surface area contributed by atoms with Crippen LogP contribution < -0.4 is 0 Å². The summed E-state index contributed by atoms with van der Waals surface area (Å²) >= 11 is 0. The van der Waals surface area contributed by atoms with Gasteiger partial charge in [-0.25, -0.2) is 17.1 Å². The topological polar surface area (TPSA) is 46.6 Å². The fraction of sp³-hybridized carbons (Fsp3) is 0.538. The van der Waals surface area contributed by atoms with Crippen molar-refractivity contribution in [2.75, 3.05) is 20.2 Å². The van der Waals surface area contributed by atoms with Crippen molar-refractivity contribution in [3.05, 3.63) is 35.6 Å². The maximum atomic E-state index is 12.8. The van der Waals surface area contributed by atoms with Crippen LogP contribution in [0.15, 0.2) is 24.3 Å². The van der Waals surface area contributed by atoms with Crippen LogP contribution in [0, 0.1) is 5.82 Å². The summed E-state index contributed by atoms with van der Waals surface area (Å²) in [5.41, 5.74) is 0.607. The van der Waals surface area contributed by atoms with E-state index in [1.54, 1.807) is 7.11 Å². The molecule has 0 amide bonds. The Morgan fingerprint density at radius 1 is 1.26 bits per heavy atom. The van der Waals surface area contributed by atoms with Crippen molar-refractivity contribution >= 4 is 10.0 Å². The van der Waals surface area contributed by atoms with Gasteiger partial charge in [0.2, 0.25) is 10.0 Å². The average Bonchev–Trinajstić information content (AvgIpc) is 2.41. The Balaban J connectivity index is 2.01. The first-order valence-corrected chi connectivity index (χ1v) is 7.87. The maximum absolute atomic E-state index is 12.8. The smallest absolute Gasteiger partial charge is 0.218 e. The molecule has 1 fully saturated rings. The number of ether oxygens (including phenoxy) is 1. The van der Waals surface area contributed by atoms with E-state index in [1.165, 1.54) is 28.6 Å². The predicted molar refractivity (Wildman–Crippen MR) is 70.6 cm³/mol. The van der Waals surface area contributed by atoms with Gasteiger partial charge in [-0.3, -0.25) is 0 Å². The molecule has 0 aromatic heterocycles. The van der Waals surface area contributed by atoms with Crippen LogP contribution in [0.1, 0.15) is 18.4 Å². The van der Waals surface area contributed by atoms with Crippen LogP contribution in [-0.2, 0) is 20.5 Å². The molecule has 0 spiro atoms. The Hall–Kier alpha value is -0.980. The summed E-state index contributed by atoms with van der Waals surface area (Å²) in [5, 5.41) is 0. The molecule has 0 aliphatic carbocycles. The molecule has 2 rings (SSSR count). The van der Waals surface area contributed by atoms with E-state index in [9.17, 15) is 12.8 Å². The van der Waals surface area contributed by atoms with Crippen molar-refractivity contribution < 1.29 is 17.5 Å². The second kappa shape index (κ2) is 5.98. The molecule has 0 atom stereocenters. The number of rotatable bonds is 4. The standard InChI is InChI=1S/C13H18FNO3S/c1-18-13-6-8-15(9-7-13)19(16,17)10-11-2-4-12(14)5-3-11/h2-5,13H,6-10H2,1H3. The lowest BCUT2D eigenvalue weighted by molar-refractivity contribution is 0.0604. The van der Waals surface area contributed by atoms with Gasteiger partial charge >= 0.3 is 0 Å². The molecule has 1 aliphatic rings. The van der Waals surface area contributed by atoms with Crippen LogP contribution in [0.2, 0.25) is 0 Å². The molecule has 0 saturated carbocycles. The number of sulfonamides is 1. The van der Waals surface area contributed by atoms with Crippen molar-refractivity contribution in [1.29, 1.82) is 0 Å². The van der Waals surface area contributed by atoms with Crippen LogP contribution in [0.4, 0.5) is 4.39 Å². The molecule has 6 heteroatoms. The highest BCUT2D eigenvalue weighted by atomic mass is 32.2. The van der Waals surface area contributed by atoms with E-state index < -0.39 is 10.0 Å². The molecule has 19 heavy (non-hydrogen) atoms. The zero-order valence-electron chi connectivity index (χ0n) is 10.9. The lowest BCUT2D eigenvalue weighted by atomic mass is 10.1. The molecule has 0 radical (unpaired) electrons. The van der Waals surface area contributed by atoms with Crippen LogP contribution in [0.25, 0.3) is 0 Å². The van der Waals surface area contributed by atoms with Gasteiger partial charge in [-0.2, -0.15) is 0 Å². The average molecular weight is 287 g/mol. The number of halogens is 1. The van der Waals surface area contributed by atoms with E-state index in [2.05, 4.69) is 0 Å². The third-order valence-electron chi connectivity index (χ3n) is 3.39. The summed E-state index contributed by atoms with van der Waals surface area (Å²) in [5.74, 6) is -0.438. The molecule has 1 aromatic carbocycles. The van der Waals surface area contributed by atoms with Gasteiger partial charge in [0, 0.05) is 20.2 Å². The van der Waals surface area contributed by atoms with Crippen molar-refractivity contribution in [2.45, 2.75) is 24.7 Å². The first-order valence-electron chi connectivity index (χ1n) is 6.26. The highest BCUT2D eigenvalue weighted by Crippen LogP contribution is 2.19. The SMILES string of the molecule is COC1CCN(S(=O)(=O)Cc2ccc(F)cc2)CC1. The Kier molecular flexibility index (Phi) is 4.54. The molecule has 0 N–H and O–H groups in total. The van der Waals surface area contributed by atoms with Crippen molar-refractivity contribution in [3.63, 3.8) is 0 Å². The second-order valence-corrected chi connectivity index (χ2v) is 6.69. The lowest BCUT2D eigenvalue weighted by Crippen LogP contribution is -2.41. The molecule has 0 bridgehead atoms. The van der Waals surface area contributed by atoms with E-state index in [-0.39, 0.29) is 17.7 Å². The Morgan fingerprint density at radius 2 is 1.84 bits per heavy atom. The van der Waals surface area contributed by atoms with E-state index >= 15 is 0 Å². The molecule has 1 heterocycles. The van der Waals surface area contributed by atoms with Gasteiger partial charge in [-0.05, 0) is 30.5 Å². The summed E-state index contributed by atoms with van der Waals surface area (Å²) in [6, 6.07) is 5.58. The number of benzene rings is 1. The largest absolute Gasteiger partial charge is 0.381 e. The van der Waals surface area contributed by atoms with Gasteiger partial charge in [0.05, 0.1) is 11.9 Å². The van der Waals surface area contributed by atoms with Gasteiger partial charge in [0.15, 0.2) is 0 Å². The minimum absolute atomic E-state index is 0.0784. The summed E-state index contributed by atoms with van der Waals surface area (Å²) in [7, 11) is -1.68. The fourth-order valence-corrected chi connectivity index (χ4v) is 3.79. The van der Waals surface area contributed by atoms with Crippen molar-refractivity contribution in [2.24, 2.45) is 0 Å². The van der Waals surface area contributed by atoms with Gasteiger partial charge in [0.1, 0.15) is 5.82 Å². The number of methoxy groups -OCH3 is 1. The molecule has 1 aliphatic heterocycles. The van der Waals surface area contributed by atoms with Gasteiger partial charge < -0.3 is 4.74 Å². The van der Waals surface area contributed by atoms with Crippen LogP contribution in [0.3, 0.4) is 0 Å². The molecule has 0 unspecified atom stereocenters.